The zero-order valence-corrected chi connectivity index (χ0v) is 33.2. The number of aliphatic hydroxyl groups excluding tert-OH is 1. The van der Waals surface area contributed by atoms with E-state index >= 15 is 0 Å². The third-order valence-electron chi connectivity index (χ3n) is 8.62. The second-order valence-electron chi connectivity index (χ2n) is 15.5. The molecule has 0 bridgehead atoms. The van der Waals surface area contributed by atoms with Gasteiger partial charge in [0.05, 0.1) is 6.61 Å². The Morgan fingerprint density at radius 2 is 1.59 bits per heavy atom. The molecule has 1 aromatic heterocycles. The van der Waals surface area contributed by atoms with E-state index in [1.165, 1.54) is 0 Å². The number of alkyl halides is 3. The number of nitrogens with two attached hydrogens (primary N) is 1. The van der Waals surface area contributed by atoms with E-state index in [2.05, 4.69) is 15.5 Å². The number of benzene rings is 2. The predicted octanol–water partition coefficient (Wildman–Crippen LogP) is 5.72. The van der Waals surface area contributed by atoms with Gasteiger partial charge in [-0.25, -0.2) is 18.4 Å². The Bertz CT molecular complexity index is 1810. The van der Waals surface area contributed by atoms with E-state index in [4.69, 9.17) is 10.5 Å². The van der Waals surface area contributed by atoms with Crippen molar-refractivity contribution in [1.82, 2.24) is 20.3 Å². The normalized spacial score (nSPS) is 13.7. The average Bonchev–Trinajstić information content (AvgIpc) is 3.49. The maximum atomic E-state index is 15.0. The first-order valence-corrected chi connectivity index (χ1v) is 21.6. The smallest absolute Gasteiger partial charge is 0.448 e. The molecule has 0 fully saturated rings. The summed E-state index contributed by atoms with van der Waals surface area (Å²) in [6.07, 6.45) is -7.91. The molecule has 1 heterocycles. The topological polar surface area (TPSA) is 165 Å². The van der Waals surface area contributed by atoms with Gasteiger partial charge in [-0.05, 0) is 47.7 Å². The number of halogens is 5. The van der Waals surface area contributed by atoms with Gasteiger partial charge in [0.25, 0.3) is 0 Å². The number of amides is 3. The van der Waals surface area contributed by atoms with Crippen molar-refractivity contribution in [1.29, 1.82) is 0 Å². The minimum absolute atomic E-state index is 0.0431. The minimum atomic E-state index is -5.55. The van der Waals surface area contributed by atoms with Crippen LogP contribution in [-0.4, -0.2) is 91.3 Å². The largest absolute Gasteiger partial charge is 0.493 e. The van der Waals surface area contributed by atoms with E-state index in [-0.39, 0.29) is 42.4 Å². The summed E-state index contributed by atoms with van der Waals surface area (Å²) in [7, 11) is -1.80. The molecule has 5 N–H and O–H groups in total. The van der Waals surface area contributed by atoms with Crippen LogP contribution in [0.3, 0.4) is 0 Å². The predicted molar refractivity (Wildman–Crippen MR) is 200 cm³/mol. The summed E-state index contributed by atoms with van der Waals surface area (Å²) >= 11 is 0. The summed E-state index contributed by atoms with van der Waals surface area (Å²) < 4.78 is 76.0. The molecule has 56 heavy (non-hydrogen) atoms. The van der Waals surface area contributed by atoms with Crippen molar-refractivity contribution in [2.45, 2.75) is 83.7 Å². The van der Waals surface area contributed by atoms with Crippen molar-refractivity contribution in [3.05, 3.63) is 83.7 Å². The Labute approximate surface area is 323 Å². The lowest BCUT2D eigenvalue weighted by molar-refractivity contribution is -0.236. The van der Waals surface area contributed by atoms with Gasteiger partial charge in [0.2, 0.25) is 11.8 Å². The summed E-state index contributed by atoms with van der Waals surface area (Å²) in [6, 6.07) is 12.2. The van der Waals surface area contributed by atoms with Gasteiger partial charge in [-0.3, -0.25) is 9.59 Å². The SMILES string of the molecule is CC(C)(C)[C@H](c1cc(-c2cc(F)ccc2F)cn1Cc1ccccc1)[C@H](O)C(=O)NCC[C@@H](C(=O)NCCN)N(OC(=O)C(F)(F)F)C(=O)OCC[Si](C)(C)C. The van der Waals surface area contributed by atoms with Gasteiger partial charge < -0.3 is 35.6 Å². The number of aromatic nitrogens is 1. The fourth-order valence-corrected chi connectivity index (χ4v) is 6.50. The number of hydroxylamine groups is 2. The van der Waals surface area contributed by atoms with Crippen molar-refractivity contribution in [3.8, 4) is 11.1 Å². The number of nitrogens with zero attached hydrogens (tertiary/aromatic N) is 2. The number of hydrogen-bond donors (Lipinski definition) is 4. The summed E-state index contributed by atoms with van der Waals surface area (Å²) in [5.74, 6) is -7.18. The van der Waals surface area contributed by atoms with Gasteiger partial charge in [0.15, 0.2) is 6.04 Å². The lowest BCUT2D eigenvalue weighted by atomic mass is 9.74. The molecule has 3 rings (SSSR count). The fourth-order valence-electron chi connectivity index (χ4n) is 5.79. The molecule has 3 atom stereocenters. The Kier molecular flexibility index (Phi) is 15.8. The molecule has 0 aliphatic heterocycles. The highest BCUT2D eigenvalue weighted by molar-refractivity contribution is 6.76. The van der Waals surface area contributed by atoms with E-state index in [1.807, 2.05) is 50.0 Å². The molecule has 18 heteroatoms. The van der Waals surface area contributed by atoms with Gasteiger partial charge in [0, 0.05) is 63.2 Å². The first kappa shape index (κ1) is 45.6. The highest BCUT2D eigenvalue weighted by atomic mass is 28.3. The van der Waals surface area contributed by atoms with E-state index in [0.717, 1.165) is 23.8 Å². The Morgan fingerprint density at radius 1 is 0.946 bits per heavy atom. The monoisotopic (exact) mass is 811 g/mol. The Hall–Kier alpha value is -4.81. The van der Waals surface area contributed by atoms with Crippen LogP contribution in [0.25, 0.3) is 11.1 Å². The molecule has 12 nitrogen and oxygen atoms in total. The van der Waals surface area contributed by atoms with Crippen LogP contribution in [-0.2, 0) is 30.5 Å². The van der Waals surface area contributed by atoms with Gasteiger partial charge in [-0.1, -0.05) is 70.7 Å². The molecule has 0 unspecified atom stereocenters. The van der Waals surface area contributed by atoms with E-state index < -0.39 is 86.2 Å². The van der Waals surface area contributed by atoms with Crippen LogP contribution in [0.5, 0.6) is 0 Å². The maximum absolute atomic E-state index is 15.0. The molecule has 3 aromatic rings. The molecule has 0 saturated heterocycles. The van der Waals surface area contributed by atoms with Crippen LogP contribution in [0.1, 0.15) is 44.4 Å². The molecule has 0 aliphatic rings. The second-order valence-corrected chi connectivity index (χ2v) is 21.1. The lowest BCUT2D eigenvalue weighted by Crippen LogP contribution is -2.53. The molecule has 308 valence electrons. The van der Waals surface area contributed by atoms with Crippen LogP contribution in [0.15, 0.2) is 60.8 Å². The number of ether oxygens (including phenoxy) is 1. The molecule has 0 saturated carbocycles. The number of carbonyl (C=O) groups is 4. The first-order chi connectivity index (χ1) is 26.0. The minimum Gasteiger partial charge on any atom is -0.448 e. The van der Waals surface area contributed by atoms with Crippen molar-refractivity contribution in [2.75, 3.05) is 26.2 Å². The molecular weight excluding hydrogens is 762 g/mol. The summed E-state index contributed by atoms with van der Waals surface area (Å²) in [5, 5.41) is 16.3. The van der Waals surface area contributed by atoms with E-state index in [9.17, 15) is 46.2 Å². The zero-order valence-electron chi connectivity index (χ0n) is 32.2. The molecule has 0 aliphatic carbocycles. The average molecular weight is 812 g/mol. The van der Waals surface area contributed by atoms with Crippen LogP contribution < -0.4 is 16.4 Å². The number of hydrogen-bond acceptors (Lipinski definition) is 8. The lowest BCUT2D eigenvalue weighted by Gasteiger charge is -2.35. The second kappa shape index (κ2) is 19.4. The molecule has 3 amide bonds. The summed E-state index contributed by atoms with van der Waals surface area (Å²) in [6.45, 7) is 10.4. The van der Waals surface area contributed by atoms with E-state index in [1.54, 1.807) is 37.6 Å². The standard InChI is InChI=1S/C38H50F5N5O7Si/c1-37(2,3)31(30-20-25(27-21-26(39)12-13-28(27)40)23-47(30)22-24-10-8-7-9-11-24)32(49)34(51)45-16-14-29(33(50)46-17-15-44)48(55-35(52)38(41,42)43)36(53)54-18-19-56(4,5)6/h7-13,20-21,23,29,31-32,49H,14-19,22,44H2,1-6H3,(H,45,51)(H,46,50)/t29-,31+,32-/m0/s1. The van der Waals surface area contributed by atoms with Crippen molar-refractivity contribution >= 4 is 32.0 Å². The van der Waals surface area contributed by atoms with Gasteiger partial charge in [-0.2, -0.15) is 13.2 Å². The fraction of sp³-hybridized carbons (Fsp3) is 0.474. The first-order valence-electron chi connectivity index (χ1n) is 17.9. The number of carbonyl (C=O) groups excluding carboxylic acids is 4. The van der Waals surface area contributed by atoms with Crippen LogP contribution >= 0.6 is 0 Å². The number of rotatable bonds is 16. The quantitative estimate of drug-likeness (QED) is 0.0811. The number of aliphatic hydroxyl groups is 1. The van der Waals surface area contributed by atoms with E-state index in [0.29, 0.717) is 11.7 Å². The molecule has 0 radical (unpaired) electrons. The third-order valence-corrected chi connectivity index (χ3v) is 10.3. The van der Waals surface area contributed by atoms with Crippen LogP contribution in [0.4, 0.5) is 26.7 Å². The zero-order chi connectivity index (χ0) is 42.0. The molecule has 0 spiro atoms. The van der Waals surface area contributed by atoms with Gasteiger partial charge >= 0.3 is 18.2 Å². The molecular formula is C38H50F5N5O7Si. The van der Waals surface area contributed by atoms with Gasteiger partial charge in [0.1, 0.15) is 17.7 Å². The van der Waals surface area contributed by atoms with Crippen molar-refractivity contribution in [3.63, 3.8) is 0 Å². The Morgan fingerprint density at radius 3 is 2.18 bits per heavy atom. The highest BCUT2D eigenvalue weighted by Gasteiger charge is 2.46. The summed E-state index contributed by atoms with van der Waals surface area (Å²) in [5.41, 5.74) is 6.09. The maximum Gasteiger partial charge on any atom is 0.493 e. The highest BCUT2D eigenvalue weighted by Crippen LogP contribution is 2.41. The third kappa shape index (κ3) is 13.2. The molecule has 2 aromatic carbocycles. The number of nitrogens with one attached hydrogen (secondary N) is 2. The summed E-state index contributed by atoms with van der Waals surface area (Å²) in [4.78, 5) is 56.3. The van der Waals surface area contributed by atoms with Crippen LogP contribution in [0, 0.1) is 17.0 Å². The Balaban J connectivity index is 1.95. The van der Waals surface area contributed by atoms with Crippen LogP contribution in [0.2, 0.25) is 25.7 Å². The van der Waals surface area contributed by atoms with Crippen molar-refractivity contribution in [2.24, 2.45) is 11.1 Å². The van der Waals surface area contributed by atoms with Gasteiger partial charge in [-0.15, -0.1) is 5.06 Å². The van der Waals surface area contributed by atoms with Crippen molar-refractivity contribution < 1.29 is 55.8 Å².